The molecule has 1 fully saturated rings. The molecule has 0 spiro atoms. The lowest BCUT2D eigenvalue weighted by Crippen LogP contribution is -2.12. The average Bonchev–Trinajstić information content (AvgIpc) is 2.63. The first-order valence-corrected chi connectivity index (χ1v) is 4.44. The zero-order chi connectivity index (χ0) is 8.13. The number of aromatic amines is 1. The smallest absolute Gasteiger partial charge is 0.264 e. The minimum absolute atomic E-state index is 0.0544. The highest BCUT2D eigenvalue weighted by atomic mass is 16.1. The molecule has 0 aliphatic heterocycles. The zero-order valence-electron chi connectivity index (χ0n) is 6.71. The summed E-state index contributed by atoms with van der Waals surface area (Å²) in [4.78, 5) is 11.0. The Hall–Kier alpha value is -1.12. The molecule has 2 aliphatic rings. The number of aromatic nitrogens is 2. The van der Waals surface area contributed by atoms with Gasteiger partial charge < -0.3 is 0 Å². The lowest BCUT2D eigenvalue weighted by molar-refractivity contribution is 0.676. The van der Waals surface area contributed by atoms with Crippen molar-refractivity contribution in [3.8, 4) is 0 Å². The highest BCUT2D eigenvalue weighted by molar-refractivity contribution is 5.34. The zero-order valence-corrected chi connectivity index (χ0v) is 6.71. The fourth-order valence-corrected chi connectivity index (χ4v) is 2.59. The van der Waals surface area contributed by atoms with Crippen LogP contribution in [0.3, 0.4) is 0 Å². The van der Waals surface area contributed by atoms with Crippen molar-refractivity contribution < 1.29 is 0 Å². The standard InChI is InChI=1S/C9H10N2O/c12-8-4-7-5-1-2-6(3-5)9(7)11-10-8/h4-6H,1-3H2,(H,10,12). The van der Waals surface area contributed by atoms with Gasteiger partial charge in [0.2, 0.25) is 0 Å². The summed E-state index contributed by atoms with van der Waals surface area (Å²) in [5, 5.41) is 6.61. The maximum Gasteiger partial charge on any atom is 0.264 e. The molecule has 3 heteroatoms. The van der Waals surface area contributed by atoms with E-state index in [4.69, 9.17) is 0 Å². The van der Waals surface area contributed by atoms with Crippen molar-refractivity contribution in [1.82, 2.24) is 10.2 Å². The number of nitrogens with zero attached hydrogens (tertiary/aromatic N) is 1. The molecule has 2 atom stereocenters. The molecule has 0 radical (unpaired) electrons. The van der Waals surface area contributed by atoms with Crippen LogP contribution in [0.25, 0.3) is 0 Å². The van der Waals surface area contributed by atoms with Gasteiger partial charge in [0.25, 0.3) is 5.56 Å². The molecule has 62 valence electrons. The molecule has 2 aliphatic carbocycles. The number of hydrogen-bond donors (Lipinski definition) is 1. The van der Waals surface area contributed by atoms with Crippen molar-refractivity contribution >= 4 is 0 Å². The van der Waals surface area contributed by atoms with Crippen molar-refractivity contribution in [3.63, 3.8) is 0 Å². The molecule has 3 rings (SSSR count). The summed E-state index contributed by atoms with van der Waals surface area (Å²) < 4.78 is 0. The van der Waals surface area contributed by atoms with Crippen molar-refractivity contribution in [2.45, 2.75) is 31.1 Å². The topological polar surface area (TPSA) is 45.8 Å². The van der Waals surface area contributed by atoms with Crippen molar-refractivity contribution in [2.24, 2.45) is 0 Å². The SMILES string of the molecule is O=c1cc2c(n[nH]1)C1CCC2C1. The Bertz CT molecular complexity index is 382. The van der Waals surface area contributed by atoms with Crippen molar-refractivity contribution in [2.75, 3.05) is 0 Å². The Morgan fingerprint density at radius 3 is 3.17 bits per heavy atom. The number of rotatable bonds is 0. The maximum absolute atomic E-state index is 11.0. The number of fused-ring (bicyclic) bond motifs is 5. The molecule has 2 bridgehead atoms. The van der Waals surface area contributed by atoms with Gasteiger partial charge >= 0.3 is 0 Å². The molecular formula is C9H10N2O. The summed E-state index contributed by atoms with van der Waals surface area (Å²) in [7, 11) is 0. The van der Waals surface area contributed by atoms with Crippen LogP contribution < -0.4 is 5.56 Å². The van der Waals surface area contributed by atoms with E-state index in [9.17, 15) is 4.79 Å². The van der Waals surface area contributed by atoms with E-state index in [1.165, 1.54) is 24.8 Å². The van der Waals surface area contributed by atoms with Gasteiger partial charge in [-0.3, -0.25) is 4.79 Å². The second kappa shape index (κ2) is 1.97. The molecule has 1 aromatic rings. The van der Waals surface area contributed by atoms with Gasteiger partial charge in [-0.05, 0) is 30.7 Å². The summed E-state index contributed by atoms with van der Waals surface area (Å²) in [6.07, 6.45) is 3.74. The molecule has 2 unspecified atom stereocenters. The Morgan fingerprint density at radius 1 is 1.42 bits per heavy atom. The lowest BCUT2D eigenvalue weighted by atomic mass is 9.97. The minimum atomic E-state index is -0.0544. The monoisotopic (exact) mass is 162 g/mol. The van der Waals surface area contributed by atoms with E-state index in [2.05, 4.69) is 10.2 Å². The summed E-state index contributed by atoms with van der Waals surface area (Å²) in [6.45, 7) is 0. The van der Waals surface area contributed by atoms with Gasteiger partial charge in [-0.1, -0.05) is 0 Å². The minimum Gasteiger partial charge on any atom is -0.268 e. The highest BCUT2D eigenvalue weighted by Crippen LogP contribution is 2.51. The molecule has 1 heterocycles. The van der Waals surface area contributed by atoms with E-state index in [0.29, 0.717) is 11.8 Å². The van der Waals surface area contributed by atoms with Crippen LogP contribution in [-0.2, 0) is 0 Å². The van der Waals surface area contributed by atoms with Crippen LogP contribution >= 0.6 is 0 Å². The molecule has 1 saturated carbocycles. The lowest BCUT2D eigenvalue weighted by Gasteiger charge is -2.11. The quantitative estimate of drug-likeness (QED) is 0.621. The summed E-state index contributed by atoms with van der Waals surface area (Å²) in [6, 6.07) is 1.73. The third-order valence-electron chi connectivity index (χ3n) is 3.13. The second-order valence-electron chi connectivity index (χ2n) is 3.78. The average molecular weight is 162 g/mol. The van der Waals surface area contributed by atoms with Gasteiger partial charge in [-0.2, -0.15) is 5.10 Å². The Balaban J connectivity index is 2.27. The third-order valence-corrected chi connectivity index (χ3v) is 3.13. The second-order valence-corrected chi connectivity index (χ2v) is 3.78. The van der Waals surface area contributed by atoms with Gasteiger partial charge in [-0.15, -0.1) is 0 Å². The molecular weight excluding hydrogens is 152 g/mol. The van der Waals surface area contributed by atoms with E-state index < -0.39 is 0 Å². The van der Waals surface area contributed by atoms with Gasteiger partial charge in [0.05, 0.1) is 5.69 Å². The third kappa shape index (κ3) is 0.661. The molecule has 0 aromatic carbocycles. The van der Waals surface area contributed by atoms with Gasteiger partial charge in [0, 0.05) is 12.0 Å². The Labute approximate surface area is 69.8 Å². The van der Waals surface area contributed by atoms with E-state index in [0.717, 1.165) is 5.69 Å². The van der Waals surface area contributed by atoms with Crippen LogP contribution in [0.5, 0.6) is 0 Å². The highest BCUT2D eigenvalue weighted by Gasteiger charge is 2.38. The first kappa shape index (κ1) is 6.40. The van der Waals surface area contributed by atoms with E-state index in [1.807, 2.05) is 0 Å². The summed E-state index contributed by atoms with van der Waals surface area (Å²) >= 11 is 0. The molecule has 1 aromatic heterocycles. The van der Waals surface area contributed by atoms with Crippen LogP contribution in [0.1, 0.15) is 42.4 Å². The fraction of sp³-hybridized carbons (Fsp3) is 0.556. The fourth-order valence-electron chi connectivity index (χ4n) is 2.59. The van der Waals surface area contributed by atoms with Crippen molar-refractivity contribution in [3.05, 3.63) is 27.7 Å². The van der Waals surface area contributed by atoms with Crippen LogP contribution in [-0.4, -0.2) is 10.2 Å². The Kier molecular flexibility index (Phi) is 1.05. The normalized spacial score (nSPS) is 30.7. The van der Waals surface area contributed by atoms with Crippen LogP contribution in [0.4, 0.5) is 0 Å². The van der Waals surface area contributed by atoms with Gasteiger partial charge in [0.15, 0.2) is 0 Å². The number of nitrogens with one attached hydrogen (secondary N) is 1. The molecule has 0 saturated heterocycles. The molecule has 3 nitrogen and oxygen atoms in total. The maximum atomic E-state index is 11.0. The predicted molar refractivity (Wildman–Crippen MR) is 44.2 cm³/mol. The van der Waals surface area contributed by atoms with Gasteiger partial charge in [-0.25, -0.2) is 5.10 Å². The van der Waals surface area contributed by atoms with E-state index in [1.54, 1.807) is 6.07 Å². The first-order valence-electron chi connectivity index (χ1n) is 4.44. The van der Waals surface area contributed by atoms with Crippen LogP contribution in [0.15, 0.2) is 10.9 Å². The van der Waals surface area contributed by atoms with E-state index in [-0.39, 0.29) is 5.56 Å². The van der Waals surface area contributed by atoms with Crippen LogP contribution in [0.2, 0.25) is 0 Å². The first-order chi connectivity index (χ1) is 5.84. The summed E-state index contributed by atoms with van der Waals surface area (Å²) in [5.41, 5.74) is 2.32. The van der Waals surface area contributed by atoms with Crippen molar-refractivity contribution in [1.29, 1.82) is 0 Å². The molecule has 1 N–H and O–H groups in total. The van der Waals surface area contributed by atoms with Crippen LogP contribution in [0, 0.1) is 0 Å². The molecule has 0 amide bonds. The number of H-pyrrole nitrogens is 1. The van der Waals surface area contributed by atoms with E-state index >= 15 is 0 Å². The van der Waals surface area contributed by atoms with Gasteiger partial charge in [0.1, 0.15) is 0 Å². The largest absolute Gasteiger partial charge is 0.268 e. The summed E-state index contributed by atoms with van der Waals surface area (Å²) in [5.74, 6) is 1.28. The predicted octanol–water partition coefficient (Wildman–Crippen LogP) is 1.13. The Morgan fingerprint density at radius 2 is 2.25 bits per heavy atom. The molecule has 12 heavy (non-hydrogen) atoms. The number of hydrogen-bond acceptors (Lipinski definition) is 2.